The minimum atomic E-state index is -1.77. The second-order valence-corrected chi connectivity index (χ2v) is 15.0. The zero-order valence-electron chi connectivity index (χ0n) is 18.8. The molecule has 1 aliphatic rings. The fourth-order valence-electron chi connectivity index (χ4n) is 3.88. The summed E-state index contributed by atoms with van der Waals surface area (Å²) in [6, 6.07) is 12.7. The maximum atomic E-state index is 9.16. The Labute approximate surface area is 173 Å². The van der Waals surface area contributed by atoms with E-state index in [4.69, 9.17) is 14.4 Å². The van der Waals surface area contributed by atoms with Crippen molar-refractivity contribution in [3.05, 3.63) is 35.9 Å². The highest BCUT2D eigenvalue weighted by Gasteiger charge is 2.42. The lowest BCUT2D eigenvalue weighted by Crippen LogP contribution is -2.43. The van der Waals surface area contributed by atoms with E-state index in [9.17, 15) is 0 Å². The van der Waals surface area contributed by atoms with Crippen LogP contribution in [0.4, 0.5) is 0 Å². The summed E-state index contributed by atoms with van der Waals surface area (Å²) in [6.45, 7) is 14.6. The van der Waals surface area contributed by atoms with Crippen molar-refractivity contribution in [2.24, 2.45) is 5.41 Å². The third-order valence-corrected chi connectivity index (χ3v) is 11.5. The van der Waals surface area contributed by atoms with Gasteiger partial charge in [-0.2, -0.15) is 5.26 Å². The van der Waals surface area contributed by atoms with Gasteiger partial charge in [0.25, 0.3) is 0 Å². The summed E-state index contributed by atoms with van der Waals surface area (Å²) in [6.07, 6.45) is 6.17. The largest absolute Gasteiger partial charge is 0.414 e. The first-order valence-electron chi connectivity index (χ1n) is 10.8. The van der Waals surface area contributed by atoms with Crippen molar-refractivity contribution in [2.75, 3.05) is 0 Å². The number of hydrogen-bond donors (Lipinski definition) is 0. The number of rotatable bonds is 7. The van der Waals surface area contributed by atoms with Gasteiger partial charge in [-0.25, -0.2) is 0 Å². The quantitative estimate of drug-likeness (QED) is 0.371. The molecule has 1 fully saturated rings. The van der Waals surface area contributed by atoms with Crippen LogP contribution in [0.15, 0.2) is 30.3 Å². The summed E-state index contributed by atoms with van der Waals surface area (Å²) >= 11 is 0. The van der Waals surface area contributed by atoms with E-state index in [-0.39, 0.29) is 16.6 Å². The Balaban J connectivity index is 2.08. The molecule has 1 aromatic carbocycles. The topological polar surface area (TPSA) is 42.2 Å². The molecule has 0 aliphatic heterocycles. The van der Waals surface area contributed by atoms with E-state index in [2.05, 4.69) is 71.1 Å². The fraction of sp³-hybridized carbons (Fsp3) is 0.708. The van der Waals surface area contributed by atoms with Gasteiger partial charge in [-0.15, -0.1) is 0 Å². The zero-order chi connectivity index (χ0) is 20.8. The fourth-order valence-corrected chi connectivity index (χ4v) is 5.30. The van der Waals surface area contributed by atoms with Crippen molar-refractivity contribution in [2.45, 2.75) is 103 Å². The molecule has 0 saturated heterocycles. The first-order chi connectivity index (χ1) is 13.1. The van der Waals surface area contributed by atoms with Gasteiger partial charge in [0.15, 0.2) is 8.32 Å². The van der Waals surface area contributed by atoms with Crippen LogP contribution in [-0.2, 0) is 15.8 Å². The minimum Gasteiger partial charge on any atom is -0.414 e. The molecule has 0 radical (unpaired) electrons. The predicted molar refractivity (Wildman–Crippen MR) is 119 cm³/mol. The van der Waals surface area contributed by atoms with Gasteiger partial charge >= 0.3 is 0 Å². The van der Waals surface area contributed by atoms with Crippen molar-refractivity contribution >= 4 is 8.32 Å². The molecule has 0 aromatic heterocycles. The average molecular weight is 402 g/mol. The lowest BCUT2D eigenvalue weighted by atomic mass is 9.76. The van der Waals surface area contributed by atoms with E-state index in [0.29, 0.717) is 19.1 Å². The normalized spacial score (nSPS) is 26.5. The number of hydrogen-bond acceptors (Lipinski definition) is 3. The molecule has 3 atom stereocenters. The lowest BCUT2D eigenvalue weighted by molar-refractivity contribution is -0.0507. The van der Waals surface area contributed by atoms with E-state index < -0.39 is 8.32 Å². The van der Waals surface area contributed by atoms with Crippen LogP contribution < -0.4 is 0 Å². The van der Waals surface area contributed by atoms with Gasteiger partial charge in [0.1, 0.15) is 0 Å². The standard InChI is InChI=1S/C24H39NO2Si/c1-23(2,3)28(5,6)27-21-13-14-22(24(4,17-15-21)16-10-18-25)26-19-20-11-8-7-9-12-20/h7-9,11-12,21-22H,10,13-17,19H2,1-6H3/t21?,22-,24+/m0/s1. The van der Waals surface area contributed by atoms with Crippen LogP contribution in [0.25, 0.3) is 0 Å². The van der Waals surface area contributed by atoms with Crippen molar-refractivity contribution < 1.29 is 9.16 Å². The second-order valence-electron chi connectivity index (χ2n) is 10.2. The van der Waals surface area contributed by atoms with E-state index in [1.165, 1.54) is 5.56 Å². The number of ether oxygens (including phenoxy) is 1. The summed E-state index contributed by atoms with van der Waals surface area (Å²) in [5.41, 5.74) is 1.25. The number of benzene rings is 1. The molecular weight excluding hydrogens is 362 g/mol. The van der Waals surface area contributed by atoms with E-state index in [1.54, 1.807) is 0 Å². The van der Waals surface area contributed by atoms with Crippen LogP contribution in [0, 0.1) is 16.7 Å². The van der Waals surface area contributed by atoms with Gasteiger partial charge in [0, 0.05) is 12.5 Å². The van der Waals surface area contributed by atoms with E-state index in [1.807, 2.05) is 6.07 Å². The van der Waals surface area contributed by atoms with Crippen molar-refractivity contribution in [1.82, 2.24) is 0 Å². The first kappa shape index (κ1) is 23.1. The third-order valence-electron chi connectivity index (χ3n) is 6.93. The number of nitriles is 1. The van der Waals surface area contributed by atoms with E-state index in [0.717, 1.165) is 32.1 Å². The van der Waals surface area contributed by atoms with Crippen LogP contribution in [0.5, 0.6) is 0 Å². The van der Waals surface area contributed by atoms with Gasteiger partial charge in [0.2, 0.25) is 0 Å². The van der Waals surface area contributed by atoms with Crippen molar-refractivity contribution in [3.63, 3.8) is 0 Å². The molecular formula is C24H39NO2Si. The molecule has 1 aliphatic carbocycles. The zero-order valence-corrected chi connectivity index (χ0v) is 19.8. The van der Waals surface area contributed by atoms with Crippen LogP contribution >= 0.6 is 0 Å². The highest BCUT2D eigenvalue weighted by atomic mass is 28.4. The summed E-state index contributed by atoms with van der Waals surface area (Å²) < 4.78 is 13.2. The summed E-state index contributed by atoms with van der Waals surface area (Å²) in [5.74, 6) is 0. The second kappa shape index (κ2) is 9.56. The smallest absolute Gasteiger partial charge is 0.192 e. The molecule has 1 saturated carbocycles. The molecule has 4 heteroatoms. The summed E-state index contributed by atoms with van der Waals surface area (Å²) in [4.78, 5) is 0. The summed E-state index contributed by atoms with van der Waals surface area (Å²) in [5, 5.41) is 9.39. The molecule has 3 nitrogen and oxygen atoms in total. The Morgan fingerprint density at radius 2 is 1.82 bits per heavy atom. The SMILES string of the molecule is CC(C)(C)[Si](C)(C)OC1CC[C@H](OCc2ccccc2)[C@](C)(CCC#N)CC1. The van der Waals surface area contributed by atoms with Gasteiger partial charge in [-0.3, -0.25) is 0 Å². The Hall–Kier alpha value is -1.15. The van der Waals surface area contributed by atoms with Crippen LogP contribution in [0.1, 0.15) is 71.8 Å². The molecule has 156 valence electrons. The van der Waals surface area contributed by atoms with Gasteiger partial charge in [-0.1, -0.05) is 58.0 Å². The van der Waals surface area contributed by atoms with Crippen molar-refractivity contribution in [1.29, 1.82) is 5.26 Å². The molecule has 0 bridgehead atoms. The molecule has 0 N–H and O–H groups in total. The highest BCUT2D eigenvalue weighted by molar-refractivity contribution is 6.74. The molecule has 1 aromatic rings. The number of nitrogens with zero attached hydrogens (tertiary/aromatic N) is 1. The van der Waals surface area contributed by atoms with E-state index >= 15 is 0 Å². The maximum absolute atomic E-state index is 9.16. The minimum absolute atomic E-state index is 0.0377. The maximum Gasteiger partial charge on any atom is 0.192 e. The highest BCUT2D eigenvalue weighted by Crippen LogP contribution is 2.44. The monoisotopic (exact) mass is 401 g/mol. The van der Waals surface area contributed by atoms with Gasteiger partial charge in [0.05, 0.1) is 18.8 Å². The average Bonchev–Trinajstić information content (AvgIpc) is 2.78. The van der Waals surface area contributed by atoms with Crippen molar-refractivity contribution in [3.8, 4) is 6.07 Å². The van der Waals surface area contributed by atoms with Gasteiger partial charge in [-0.05, 0) is 61.2 Å². The van der Waals surface area contributed by atoms with Crippen LogP contribution in [-0.4, -0.2) is 20.5 Å². The molecule has 1 unspecified atom stereocenters. The molecule has 0 heterocycles. The molecule has 2 rings (SSSR count). The molecule has 0 amide bonds. The van der Waals surface area contributed by atoms with Crippen LogP contribution in [0.3, 0.4) is 0 Å². The lowest BCUT2D eigenvalue weighted by Gasteiger charge is -2.39. The van der Waals surface area contributed by atoms with Crippen LogP contribution in [0.2, 0.25) is 18.1 Å². The Morgan fingerprint density at radius 1 is 1.14 bits per heavy atom. The third kappa shape index (κ3) is 6.17. The Morgan fingerprint density at radius 3 is 2.43 bits per heavy atom. The predicted octanol–water partition coefficient (Wildman–Crippen LogP) is 6.85. The first-order valence-corrected chi connectivity index (χ1v) is 13.7. The molecule has 0 spiro atoms. The summed E-state index contributed by atoms with van der Waals surface area (Å²) in [7, 11) is -1.77. The Kier molecular flexibility index (Phi) is 7.90. The Bertz CT molecular complexity index is 647. The molecule has 28 heavy (non-hydrogen) atoms. The van der Waals surface area contributed by atoms with Gasteiger partial charge < -0.3 is 9.16 Å².